The molecule has 1 saturated heterocycles. The Hall–Kier alpha value is -0.590. The highest BCUT2D eigenvalue weighted by Crippen LogP contribution is 2.28. The number of phenolic OH excluding ortho intramolecular Hbond substituents is 1. The number of halogens is 1. The molecule has 2 rings (SSSR count). The molecule has 4 nitrogen and oxygen atoms in total. The van der Waals surface area contributed by atoms with Crippen LogP contribution >= 0.6 is 15.9 Å². The third kappa shape index (κ3) is 3.94. The standard InChI is InChI=1S/C13H18BrNO3S/c1-10-7-15(5-6-19(17,18)9-10)8-11-3-2-4-12(16)13(11)14/h2-4,10,16H,5-9H2,1H3. The molecule has 19 heavy (non-hydrogen) atoms. The van der Waals surface area contributed by atoms with Crippen molar-refractivity contribution in [2.75, 3.05) is 24.6 Å². The van der Waals surface area contributed by atoms with E-state index >= 15 is 0 Å². The zero-order chi connectivity index (χ0) is 14.0. The maximum atomic E-state index is 11.7. The fourth-order valence-electron chi connectivity index (χ4n) is 2.44. The lowest BCUT2D eigenvalue weighted by molar-refractivity contribution is 0.256. The fourth-order valence-corrected chi connectivity index (χ4v) is 4.51. The molecular formula is C13H18BrNO3S. The van der Waals surface area contributed by atoms with Gasteiger partial charge in [0.2, 0.25) is 0 Å². The van der Waals surface area contributed by atoms with Crippen LogP contribution in [0.15, 0.2) is 22.7 Å². The van der Waals surface area contributed by atoms with Crippen molar-refractivity contribution in [2.45, 2.75) is 13.5 Å². The fraction of sp³-hybridized carbons (Fsp3) is 0.538. The molecule has 0 amide bonds. The van der Waals surface area contributed by atoms with E-state index in [1.54, 1.807) is 12.1 Å². The molecule has 1 fully saturated rings. The van der Waals surface area contributed by atoms with Crippen molar-refractivity contribution in [1.29, 1.82) is 0 Å². The largest absolute Gasteiger partial charge is 0.507 e. The molecule has 1 heterocycles. The number of aromatic hydroxyl groups is 1. The first-order valence-electron chi connectivity index (χ1n) is 6.26. The molecule has 1 atom stereocenters. The maximum Gasteiger partial charge on any atom is 0.151 e. The van der Waals surface area contributed by atoms with Crippen LogP contribution in [0.25, 0.3) is 0 Å². The number of sulfone groups is 1. The van der Waals surface area contributed by atoms with Gasteiger partial charge in [0.05, 0.1) is 16.0 Å². The molecule has 1 N–H and O–H groups in total. The third-order valence-corrected chi connectivity index (χ3v) is 6.08. The maximum absolute atomic E-state index is 11.7. The summed E-state index contributed by atoms with van der Waals surface area (Å²) >= 11 is 3.37. The SMILES string of the molecule is CC1CN(Cc2cccc(O)c2Br)CCS(=O)(=O)C1. The summed E-state index contributed by atoms with van der Waals surface area (Å²) in [4.78, 5) is 2.13. The van der Waals surface area contributed by atoms with Gasteiger partial charge in [0.1, 0.15) is 5.75 Å². The summed E-state index contributed by atoms with van der Waals surface area (Å²) in [5.41, 5.74) is 0.978. The molecule has 1 aromatic rings. The lowest BCUT2D eigenvalue weighted by Gasteiger charge is -2.22. The Bertz CT molecular complexity index is 559. The van der Waals surface area contributed by atoms with Gasteiger partial charge in [-0.2, -0.15) is 0 Å². The first kappa shape index (κ1) is 14.8. The average Bonchev–Trinajstić information content (AvgIpc) is 2.43. The highest BCUT2D eigenvalue weighted by molar-refractivity contribution is 9.10. The van der Waals surface area contributed by atoms with E-state index in [0.29, 0.717) is 17.6 Å². The summed E-state index contributed by atoms with van der Waals surface area (Å²) in [7, 11) is -2.91. The second-order valence-electron chi connectivity index (χ2n) is 5.20. The molecule has 0 radical (unpaired) electrons. The monoisotopic (exact) mass is 347 g/mol. The van der Waals surface area contributed by atoms with Crippen LogP contribution in [-0.2, 0) is 16.4 Å². The van der Waals surface area contributed by atoms with Gasteiger partial charge in [0, 0.05) is 19.6 Å². The van der Waals surface area contributed by atoms with Gasteiger partial charge in [0.15, 0.2) is 9.84 Å². The summed E-state index contributed by atoms with van der Waals surface area (Å²) in [5, 5.41) is 9.66. The number of rotatable bonds is 2. The number of hydrogen-bond donors (Lipinski definition) is 1. The molecule has 1 aliphatic heterocycles. The molecule has 0 aliphatic carbocycles. The topological polar surface area (TPSA) is 57.6 Å². The predicted molar refractivity (Wildman–Crippen MR) is 78.9 cm³/mol. The Balaban J connectivity index is 2.13. The van der Waals surface area contributed by atoms with E-state index in [9.17, 15) is 13.5 Å². The minimum Gasteiger partial charge on any atom is -0.507 e. The highest BCUT2D eigenvalue weighted by atomic mass is 79.9. The predicted octanol–water partition coefficient (Wildman–Crippen LogP) is 2.02. The Labute approximate surface area is 122 Å². The average molecular weight is 348 g/mol. The Morgan fingerprint density at radius 2 is 2.21 bits per heavy atom. The summed E-state index contributed by atoms with van der Waals surface area (Å²) in [6.45, 7) is 3.93. The minimum atomic E-state index is -2.91. The van der Waals surface area contributed by atoms with Crippen LogP contribution < -0.4 is 0 Å². The Kier molecular flexibility index (Phi) is 4.53. The van der Waals surface area contributed by atoms with Crippen molar-refractivity contribution in [2.24, 2.45) is 5.92 Å². The first-order chi connectivity index (χ1) is 8.87. The zero-order valence-corrected chi connectivity index (χ0v) is 13.2. The van der Waals surface area contributed by atoms with E-state index in [0.717, 1.165) is 12.1 Å². The van der Waals surface area contributed by atoms with Crippen molar-refractivity contribution >= 4 is 25.8 Å². The lowest BCUT2D eigenvalue weighted by Crippen LogP contribution is -2.28. The van der Waals surface area contributed by atoms with Crippen LogP contribution in [0.3, 0.4) is 0 Å². The molecule has 1 aliphatic rings. The van der Waals surface area contributed by atoms with Crippen molar-refractivity contribution in [1.82, 2.24) is 4.90 Å². The molecule has 0 saturated carbocycles. The van der Waals surface area contributed by atoms with Gasteiger partial charge in [-0.15, -0.1) is 0 Å². The highest BCUT2D eigenvalue weighted by Gasteiger charge is 2.24. The lowest BCUT2D eigenvalue weighted by atomic mass is 10.1. The molecule has 6 heteroatoms. The number of benzene rings is 1. The van der Waals surface area contributed by atoms with Gasteiger partial charge in [0.25, 0.3) is 0 Å². The van der Waals surface area contributed by atoms with Crippen LogP contribution in [0, 0.1) is 5.92 Å². The number of hydrogen-bond acceptors (Lipinski definition) is 4. The van der Waals surface area contributed by atoms with Gasteiger partial charge in [-0.05, 0) is 33.5 Å². The quantitative estimate of drug-likeness (QED) is 0.889. The molecular weight excluding hydrogens is 330 g/mol. The Morgan fingerprint density at radius 1 is 1.47 bits per heavy atom. The third-order valence-electron chi connectivity index (χ3n) is 3.28. The second-order valence-corrected chi connectivity index (χ2v) is 8.23. The van der Waals surface area contributed by atoms with Gasteiger partial charge in [-0.1, -0.05) is 19.1 Å². The van der Waals surface area contributed by atoms with Crippen LogP contribution in [0.4, 0.5) is 0 Å². The molecule has 0 spiro atoms. The molecule has 1 aromatic carbocycles. The van der Waals surface area contributed by atoms with E-state index < -0.39 is 9.84 Å². The normalized spacial score (nSPS) is 24.0. The van der Waals surface area contributed by atoms with E-state index in [2.05, 4.69) is 20.8 Å². The first-order valence-corrected chi connectivity index (χ1v) is 8.88. The van der Waals surface area contributed by atoms with Crippen LogP contribution in [-0.4, -0.2) is 43.0 Å². The van der Waals surface area contributed by atoms with Crippen LogP contribution in [0.2, 0.25) is 0 Å². The molecule has 1 unspecified atom stereocenters. The van der Waals surface area contributed by atoms with E-state index in [4.69, 9.17) is 0 Å². The van der Waals surface area contributed by atoms with Crippen molar-refractivity contribution < 1.29 is 13.5 Å². The van der Waals surface area contributed by atoms with Gasteiger partial charge in [-0.25, -0.2) is 8.42 Å². The summed E-state index contributed by atoms with van der Waals surface area (Å²) in [6, 6.07) is 5.37. The molecule has 106 valence electrons. The molecule has 0 bridgehead atoms. The second kappa shape index (κ2) is 5.81. The summed E-state index contributed by atoms with van der Waals surface area (Å²) in [6.07, 6.45) is 0. The number of nitrogens with zero attached hydrogens (tertiary/aromatic N) is 1. The van der Waals surface area contributed by atoms with Crippen LogP contribution in [0.1, 0.15) is 12.5 Å². The van der Waals surface area contributed by atoms with Crippen molar-refractivity contribution in [3.05, 3.63) is 28.2 Å². The Morgan fingerprint density at radius 3 is 2.95 bits per heavy atom. The summed E-state index contributed by atoms with van der Waals surface area (Å²) < 4.78 is 24.1. The van der Waals surface area contributed by atoms with Crippen molar-refractivity contribution in [3.63, 3.8) is 0 Å². The van der Waals surface area contributed by atoms with Crippen LogP contribution in [0.5, 0.6) is 5.75 Å². The van der Waals surface area contributed by atoms with E-state index in [1.165, 1.54) is 0 Å². The van der Waals surface area contributed by atoms with E-state index in [1.807, 2.05) is 13.0 Å². The van der Waals surface area contributed by atoms with Crippen molar-refractivity contribution in [3.8, 4) is 5.75 Å². The minimum absolute atomic E-state index is 0.142. The summed E-state index contributed by atoms with van der Waals surface area (Å²) in [5.74, 6) is 0.843. The zero-order valence-electron chi connectivity index (χ0n) is 10.8. The van der Waals surface area contributed by atoms with Gasteiger partial charge < -0.3 is 5.11 Å². The number of phenols is 1. The van der Waals surface area contributed by atoms with Gasteiger partial charge >= 0.3 is 0 Å². The molecule has 0 aromatic heterocycles. The smallest absolute Gasteiger partial charge is 0.151 e. The van der Waals surface area contributed by atoms with E-state index in [-0.39, 0.29) is 23.2 Å². The van der Waals surface area contributed by atoms with Gasteiger partial charge in [-0.3, -0.25) is 4.90 Å².